The Balaban J connectivity index is 1.27. The first-order chi connectivity index (χ1) is 13.2. The highest BCUT2D eigenvalue weighted by Crippen LogP contribution is 2.31. The van der Waals surface area contributed by atoms with Crippen LogP contribution in [-0.2, 0) is 17.8 Å². The maximum Gasteiger partial charge on any atom is 0.0833 e. The SMILES string of the molecule is CC(CCn1cccn1)N1CCOC2(CCN(Cc3ccccn3)CC2)C1. The average molecular weight is 370 g/mol. The molecule has 146 valence electrons. The summed E-state index contributed by atoms with van der Waals surface area (Å²) in [7, 11) is 0. The summed E-state index contributed by atoms with van der Waals surface area (Å²) in [5.74, 6) is 0. The number of morpholine rings is 1. The first-order valence-corrected chi connectivity index (χ1v) is 10.2. The van der Waals surface area contributed by atoms with Crippen LogP contribution in [0.4, 0.5) is 0 Å². The van der Waals surface area contributed by atoms with E-state index in [9.17, 15) is 0 Å². The highest BCUT2D eigenvalue weighted by Gasteiger charge is 2.40. The molecule has 0 aromatic carbocycles. The zero-order valence-corrected chi connectivity index (χ0v) is 16.3. The fourth-order valence-corrected chi connectivity index (χ4v) is 4.33. The van der Waals surface area contributed by atoms with Gasteiger partial charge in [-0.3, -0.25) is 19.5 Å². The summed E-state index contributed by atoms with van der Waals surface area (Å²) in [6.07, 6.45) is 9.14. The van der Waals surface area contributed by atoms with Crippen molar-refractivity contribution in [2.24, 2.45) is 0 Å². The smallest absolute Gasteiger partial charge is 0.0833 e. The number of pyridine rings is 1. The standard InChI is InChI=1S/C21H31N5O/c1-19(6-12-26-11-4-10-23-26)25-15-16-27-21(18-25)7-13-24(14-8-21)17-20-5-2-3-9-22-20/h2-5,9-11,19H,6-8,12-18H2,1H3. The molecule has 1 atom stereocenters. The Labute approximate surface area is 162 Å². The number of hydrogen-bond acceptors (Lipinski definition) is 5. The minimum atomic E-state index is 0.0405. The summed E-state index contributed by atoms with van der Waals surface area (Å²) >= 11 is 0. The van der Waals surface area contributed by atoms with Gasteiger partial charge in [0.05, 0.1) is 17.9 Å². The fourth-order valence-electron chi connectivity index (χ4n) is 4.33. The third kappa shape index (κ3) is 4.75. The largest absolute Gasteiger partial charge is 0.372 e. The molecule has 0 amide bonds. The summed E-state index contributed by atoms with van der Waals surface area (Å²) in [6, 6.07) is 8.71. The molecule has 6 heteroatoms. The molecular formula is C21H31N5O. The third-order valence-electron chi connectivity index (χ3n) is 6.12. The number of piperidine rings is 1. The highest BCUT2D eigenvalue weighted by atomic mass is 16.5. The third-order valence-corrected chi connectivity index (χ3v) is 6.12. The van der Waals surface area contributed by atoms with Crippen LogP contribution in [0.1, 0.15) is 31.9 Å². The van der Waals surface area contributed by atoms with Crippen molar-refractivity contribution in [3.05, 3.63) is 48.5 Å². The number of aromatic nitrogens is 3. The molecule has 0 radical (unpaired) electrons. The molecule has 0 N–H and O–H groups in total. The van der Waals surface area contributed by atoms with Gasteiger partial charge < -0.3 is 4.74 Å². The molecule has 4 heterocycles. The molecule has 0 bridgehead atoms. The summed E-state index contributed by atoms with van der Waals surface area (Å²) < 4.78 is 8.36. The Kier molecular flexibility index (Phi) is 5.86. The molecule has 1 unspecified atom stereocenters. The van der Waals surface area contributed by atoms with E-state index < -0.39 is 0 Å². The number of likely N-dealkylation sites (tertiary alicyclic amines) is 1. The van der Waals surface area contributed by atoms with Gasteiger partial charge in [0.2, 0.25) is 0 Å². The maximum atomic E-state index is 6.33. The Morgan fingerprint density at radius 1 is 1.15 bits per heavy atom. The molecular weight excluding hydrogens is 338 g/mol. The minimum absolute atomic E-state index is 0.0405. The van der Waals surface area contributed by atoms with Crippen molar-refractivity contribution >= 4 is 0 Å². The Hall–Kier alpha value is -1.76. The molecule has 4 rings (SSSR count). The molecule has 0 saturated carbocycles. The summed E-state index contributed by atoms with van der Waals surface area (Å²) in [4.78, 5) is 9.60. The lowest BCUT2D eigenvalue weighted by Crippen LogP contribution is -2.58. The maximum absolute atomic E-state index is 6.33. The van der Waals surface area contributed by atoms with Gasteiger partial charge in [0, 0.05) is 63.9 Å². The van der Waals surface area contributed by atoms with Gasteiger partial charge in [0.15, 0.2) is 0 Å². The fraction of sp³-hybridized carbons (Fsp3) is 0.619. The number of hydrogen-bond donors (Lipinski definition) is 0. The number of rotatable bonds is 6. The molecule has 1 spiro atoms. The van der Waals surface area contributed by atoms with Gasteiger partial charge >= 0.3 is 0 Å². The van der Waals surface area contributed by atoms with Crippen LogP contribution in [0.2, 0.25) is 0 Å². The molecule has 2 aromatic heterocycles. The van der Waals surface area contributed by atoms with Gasteiger partial charge in [-0.1, -0.05) is 6.07 Å². The van der Waals surface area contributed by atoms with Crippen molar-refractivity contribution in [1.29, 1.82) is 0 Å². The zero-order valence-electron chi connectivity index (χ0n) is 16.3. The molecule has 0 aliphatic carbocycles. The van der Waals surface area contributed by atoms with E-state index in [1.54, 1.807) is 0 Å². The lowest BCUT2D eigenvalue weighted by Gasteiger charge is -2.48. The molecule has 27 heavy (non-hydrogen) atoms. The van der Waals surface area contributed by atoms with E-state index >= 15 is 0 Å². The van der Waals surface area contributed by atoms with Gasteiger partial charge in [0.1, 0.15) is 0 Å². The molecule has 2 fully saturated rings. The van der Waals surface area contributed by atoms with E-state index in [0.717, 1.165) is 70.8 Å². The van der Waals surface area contributed by atoms with Crippen molar-refractivity contribution in [2.75, 3.05) is 32.8 Å². The molecule has 2 aliphatic rings. The molecule has 2 saturated heterocycles. The first kappa shape index (κ1) is 18.6. The monoisotopic (exact) mass is 369 g/mol. The van der Waals surface area contributed by atoms with Crippen LogP contribution in [0, 0.1) is 0 Å². The molecule has 6 nitrogen and oxygen atoms in total. The van der Waals surface area contributed by atoms with Crippen molar-refractivity contribution in [3.63, 3.8) is 0 Å². The lowest BCUT2D eigenvalue weighted by atomic mass is 9.88. The van der Waals surface area contributed by atoms with Crippen molar-refractivity contribution in [2.45, 2.75) is 50.9 Å². The predicted octanol–water partition coefficient (Wildman–Crippen LogP) is 2.42. The van der Waals surface area contributed by atoms with Crippen LogP contribution >= 0.6 is 0 Å². The van der Waals surface area contributed by atoms with Crippen molar-refractivity contribution < 1.29 is 4.74 Å². The number of aryl methyl sites for hydroxylation is 1. The van der Waals surface area contributed by atoms with E-state index in [1.165, 1.54) is 0 Å². The van der Waals surface area contributed by atoms with Gasteiger partial charge in [-0.05, 0) is 44.4 Å². The summed E-state index contributed by atoms with van der Waals surface area (Å²) in [6.45, 7) is 9.41. The Bertz CT molecular complexity index is 682. The van der Waals surface area contributed by atoms with Crippen molar-refractivity contribution in [3.8, 4) is 0 Å². The van der Waals surface area contributed by atoms with Crippen LogP contribution in [0.3, 0.4) is 0 Å². The van der Waals surface area contributed by atoms with Gasteiger partial charge in [0.25, 0.3) is 0 Å². The van der Waals surface area contributed by atoms with Crippen LogP contribution in [0.15, 0.2) is 42.9 Å². The van der Waals surface area contributed by atoms with E-state index in [4.69, 9.17) is 4.74 Å². The van der Waals surface area contributed by atoms with Gasteiger partial charge in [-0.25, -0.2) is 0 Å². The highest BCUT2D eigenvalue weighted by molar-refractivity contribution is 5.04. The quantitative estimate of drug-likeness (QED) is 0.783. The first-order valence-electron chi connectivity index (χ1n) is 10.2. The Morgan fingerprint density at radius 2 is 2.04 bits per heavy atom. The van der Waals surface area contributed by atoms with Gasteiger partial charge in [-0.15, -0.1) is 0 Å². The zero-order chi connectivity index (χ0) is 18.5. The topological polar surface area (TPSA) is 46.4 Å². The second-order valence-corrected chi connectivity index (χ2v) is 8.01. The molecule has 2 aliphatic heterocycles. The van der Waals surface area contributed by atoms with E-state index in [-0.39, 0.29) is 5.60 Å². The van der Waals surface area contributed by atoms with Crippen LogP contribution in [0.5, 0.6) is 0 Å². The second-order valence-electron chi connectivity index (χ2n) is 8.01. The number of nitrogens with zero attached hydrogens (tertiary/aromatic N) is 5. The van der Waals surface area contributed by atoms with Crippen LogP contribution < -0.4 is 0 Å². The van der Waals surface area contributed by atoms with Gasteiger partial charge in [-0.2, -0.15) is 5.10 Å². The van der Waals surface area contributed by atoms with E-state index in [1.807, 2.05) is 35.4 Å². The van der Waals surface area contributed by atoms with E-state index in [2.05, 4.69) is 38.9 Å². The van der Waals surface area contributed by atoms with Crippen LogP contribution in [0.25, 0.3) is 0 Å². The summed E-state index contributed by atoms with van der Waals surface area (Å²) in [5.41, 5.74) is 1.20. The lowest BCUT2D eigenvalue weighted by molar-refractivity contribution is -0.143. The van der Waals surface area contributed by atoms with Crippen molar-refractivity contribution in [1.82, 2.24) is 24.6 Å². The second kappa shape index (κ2) is 8.50. The summed E-state index contributed by atoms with van der Waals surface area (Å²) in [5, 5.41) is 4.32. The van der Waals surface area contributed by atoms with E-state index in [0.29, 0.717) is 6.04 Å². The molecule has 2 aromatic rings. The predicted molar refractivity (Wildman–Crippen MR) is 105 cm³/mol. The number of ether oxygens (including phenoxy) is 1. The average Bonchev–Trinajstić information content (AvgIpc) is 3.23. The normalized spacial score (nSPS) is 22.1. The van der Waals surface area contributed by atoms with Crippen LogP contribution in [-0.4, -0.2) is 69.0 Å². The minimum Gasteiger partial charge on any atom is -0.372 e. The Morgan fingerprint density at radius 3 is 2.78 bits per heavy atom.